The number of benzene rings is 1. The Hall–Kier alpha value is -1.89. The van der Waals surface area contributed by atoms with Crippen LogP contribution in [0.3, 0.4) is 0 Å². The van der Waals surface area contributed by atoms with E-state index in [9.17, 15) is 18.1 Å². The van der Waals surface area contributed by atoms with Gasteiger partial charge in [-0.3, -0.25) is 4.57 Å². The summed E-state index contributed by atoms with van der Waals surface area (Å²) in [7, 11) is -4.76. The van der Waals surface area contributed by atoms with Gasteiger partial charge in [0.1, 0.15) is 5.69 Å². The quantitative estimate of drug-likeness (QED) is 0.290. The molecule has 0 N–H and O–H groups in total. The van der Waals surface area contributed by atoms with Crippen LogP contribution < -0.4 is 0 Å². The number of pyridine rings is 1. The minimum absolute atomic E-state index is 0.154. The molecule has 0 aliphatic rings. The Balaban J connectivity index is 2.40. The number of ether oxygens (including phenoxy) is 1. The molecule has 1 heterocycles. The molecule has 0 radical (unpaired) electrons. The van der Waals surface area contributed by atoms with Crippen molar-refractivity contribution in [1.82, 2.24) is 4.98 Å². The van der Waals surface area contributed by atoms with Crippen LogP contribution in [0.4, 0.5) is 8.78 Å². The molecule has 0 saturated heterocycles. The smallest absolute Gasteiger partial charge is 0.406 e. The maximum absolute atomic E-state index is 14.9. The van der Waals surface area contributed by atoms with E-state index in [1.54, 1.807) is 12.1 Å². The fourth-order valence-corrected chi connectivity index (χ4v) is 3.97. The zero-order valence-corrected chi connectivity index (χ0v) is 17.0. The Morgan fingerprint density at radius 1 is 1.11 bits per heavy atom. The number of hydrogen-bond donors (Lipinski definition) is 0. The lowest BCUT2D eigenvalue weighted by Gasteiger charge is -2.25. The van der Waals surface area contributed by atoms with Crippen LogP contribution in [0.25, 0.3) is 10.9 Å². The van der Waals surface area contributed by atoms with Gasteiger partial charge in [-0.1, -0.05) is 25.5 Å². The molecule has 2 rings (SSSR count). The highest BCUT2D eigenvalue weighted by Gasteiger charge is 2.56. The van der Waals surface area contributed by atoms with Crippen LogP contribution in [-0.4, -0.2) is 30.8 Å². The summed E-state index contributed by atoms with van der Waals surface area (Å²) in [4.78, 5) is 16.0. The fraction of sp³-hybridized carbons (Fsp3) is 0.474. The van der Waals surface area contributed by atoms with Gasteiger partial charge < -0.3 is 13.8 Å². The number of esters is 1. The predicted molar refractivity (Wildman–Crippen MR) is 102 cm³/mol. The lowest BCUT2D eigenvalue weighted by molar-refractivity contribution is 0.0326. The number of aromatic nitrogens is 1. The van der Waals surface area contributed by atoms with Crippen LogP contribution in [0.2, 0.25) is 0 Å². The van der Waals surface area contributed by atoms with Crippen LogP contribution in [0.1, 0.15) is 49.7 Å². The van der Waals surface area contributed by atoms with Crippen molar-refractivity contribution in [2.45, 2.75) is 39.3 Å². The Bertz CT molecular complexity index is 865. The highest BCUT2D eigenvalue weighted by atomic mass is 31.2. The van der Waals surface area contributed by atoms with E-state index >= 15 is 0 Å². The lowest BCUT2D eigenvalue weighted by Crippen LogP contribution is -2.19. The molecule has 0 bridgehead atoms. The summed E-state index contributed by atoms with van der Waals surface area (Å²) < 4.78 is 57.1. The first-order valence-electron chi connectivity index (χ1n) is 9.14. The van der Waals surface area contributed by atoms with Crippen LogP contribution in [0, 0.1) is 0 Å². The zero-order chi connectivity index (χ0) is 20.8. The van der Waals surface area contributed by atoms with Crippen LogP contribution in [0.15, 0.2) is 30.3 Å². The Kier molecular flexibility index (Phi) is 7.63. The molecule has 6 nitrogen and oxygen atoms in total. The predicted octanol–water partition coefficient (Wildman–Crippen LogP) is 5.51. The molecule has 0 unspecified atom stereocenters. The molecule has 1 aromatic heterocycles. The number of fused-ring (bicyclic) bond motifs is 1. The second kappa shape index (κ2) is 9.54. The van der Waals surface area contributed by atoms with Gasteiger partial charge in [0.05, 0.1) is 30.9 Å². The zero-order valence-electron chi connectivity index (χ0n) is 16.1. The van der Waals surface area contributed by atoms with Gasteiger partial charge in [-0.25, -0.2) is 9.78 Å². The molecule has 0 saturated carbocycles. The summed E-state index contributed by atoms with van der Waals surface area (Å²) in [6.45, 7) is 4.75. The SMILES string of the molecule is CCCCOC(=O)c1ccc2ccc(C(F)(F)P(=O)(OCC)OCC)nc2c1. The maximum atomic E-state index is 14.9. The Morgan fingerprint density at radius 2 is 1.75 bits per heavy atom. The number of carbonyl (C=O) groups is 1. The number of unbranched alkanes of at least 4 members (excludes halogenated alkanes) is 1. The molecule has 1 aromatic carbocycles. The average molecular weight is 415 g/mol. The van der Waals surface area contributed by atoms with Crippen molar-refractivity contribution in [2.24, 2.45) is 0 Å². The van der Waals surface area contributed by atoms with E-state index in [0.29, 0.717) is 5.39 Å². The third-order valence-corrected chi connectivity index (χ3v) is 6.02. The molecule has 28 heavy (non-hydrogen) atoms. The van der Waals surface area contributed by atoms with Gasteiger partial charge in [-0.05, 0) is 38.5 Å². The van der Waals surface area contributed by atoms with E-state index in [2.05, 4.69) is 4.98 Å². The average Bonchev–Trinajstić information content (AvgIpc) is 2.67. The molecule has 0 atom stereocenters. The maximum Gasteiger partial charge on any atom is 0.406 e. The van der Waals surface area contributed by atoms with Crippen molar-refractivity contribution >= 4 is 24.5 Å². The number of hydrogen-bond acceptors (Lipinski definition) is 6. The van der Waals surface area contributed by atoms with Crippen molar-refractivity contribution in [2.75, 3.05) is 19.8 Å². The summed E-state index contributed by atoms with van der Waals surface area (Å²) in [6.07, 6.45) is 1.61. The lowest BCUT2D eigenvalue weighted by atomic mass is 10.1. The van der Waals surface area contributed by atoms with Crippen LogP contribution in [0.5, 0.6) is 0 Å². The third-order valence-electron chi connectivity index (χ3n) is 3.91. The molecule has 0 spiro atoms. The normalized spacial score (nSPS) is 12.3. The number of rotatable bonds is 10. The van der Waals surface area contributed by atoms with Gasteiger partial charge in [0, 0.05) is 5.39 Å². The molecule has 9 heteroatoms. The van der Waals surface area contributed by atoms with E-state index in [4.69, 9.17) is 13.8 Å². The van der Waals surface area contributed by atoms with Crippen LogP contribution >= 0.6 is 7.60 Å². The molecular weight excluding hydrogens is 391 g/mol. The van der Waals surface area contributed by atoms with Gasteiger partial charge in [0.2, 0.25) is 0 Å². The molecule has 0 aliphatic heterocycles. The Labute approximate surface area is 162 Å². The molecule has 0 amide bonds. The van der Waals surface area contributed by atoms with E-state index in [0.717, 1.165) is 18.9 Å². The standard InChI is InChI=1S/C19H24F2NO5P/c1-4-7-12-25-18(23)15-9-8-14-10-11-17(22-16(14)13-15)19(20,21)28(24,26-5-2)27-6-3/h8-11,13H,4-7,12H2,1-3H3. The highest BCUT2D eigenvalue weighted by molar-refractivity contribution is 7.54. The number of nitrogens with zero attached hydrogens (tertiary/aromatic N) is 1. The number of alkyl halides is 2. The minimum atomic E-state index is -4.76. The van der Waals surface area contributed by atoms with Crippen molar-refractivity contribution in [3.63, 3.8) is 0 Å². The fourth-order valence-electron chi connectivity index (χ4n) is 2.48. The molecule has 0 fully saturated rings. The molecule has 0 aliphatic carbocycles. The minimum Gasteiger partial charge on any atom is -0.462 e. The molecule has 2 aromatic rings. The summed E-state index contributed by atoms with van der Waals surface area (Å²) in [6, 6.07) is 6.99. The van der Waals surface area contributed by atoms with Crippen molar-refractivity contribution in [1.29, 1.82) is 0 Å². The second-order valence-electron chi connectivity index (χ2n) is 5.97. The first-order chi connectivity index (χ1) is 13.3. The summed E-state index contributed by atoms with van der Waals surface area (Å²) in [5, 5.41) is 0.548. The van der Waals surface area contributed by atoms with Crippen molar-refractivity contribution in [3.05, 3.63) is 41.6 Å². The first-order valence-corrected chi connectivity index (χ1v) is 10.7. The molecular formula is C19H24F2NO5P. The van der Waals surface area contributed by atoms with E-state index in [1.807, 2.05) is 6.92 Å². The van der Waals surface area contributed by atoms with E-state index in [1.165, 1.54) is 26.0 Å². The summed E-state index contributed by atoms with van der Waals surface area (Å²) in [5.41, 5.74) is -4.33. The van der Waals surface area contributed by atoms with Crippen molar-refractivity contribution < 1.29 is 31.9 Å². The van der Waals surface area contributed by atoms with Gasteiger partial charge in [-0.2, -0.15) is 8.78 Å². The van der Waals surface area contributed by atoms with Gasteiger partial charge in [-0.15, -0.1) is 0 Å². The van der Waals surface area contributed by atoms with Gasteiger partial charge >= 0.3 is 19.2 Å². The summed E-state index contributed by atoms with van der Waals surface area (Å²) in [5.74, 6) is -0.552. The van der Waals surface area contributed by atoms with E-state index < -0.39 is 24.9 Å². The molecule has 154 valence electrons. The van der Waals surface area contributed by atoms with Crippen molar-refractivity contribution in [3.8, 4) is 0 Å². The first kappa shape index (κ1) is 22.4. The topological polar surface area (TPSA) is 74.7 Å². The van der Waals surface area contributed by atoms with Crippen LogP contribution in [-0.2, 0) is 24.0 Å². The Morgan fingerprint density at radius 3 is 2.36 bits per heavy atom. The third kappa shape index (κ3) is 4.74. The number of carbonyl (C=O) groups excluding carboxylic acids is 1. The number of halogens is 2. The van der Waals surface area contributed by atoms with Gasteiger partial charge in [0.25, 0.3) is 0 Å². The monoisotopic (exact) mass is 415 g/mol. The highest BCUT2D eigenvalue weighted by Crippen LogP contribution is 2.66. The van der Waals surface area contributed by atoms with E-state index in [-0.39, 0.29) is 30.9 Å². The largest absolute Gasteiger partial charge is 0.462 e. The second-order valence-corrected chi connectivity index (χ2v) is 8.04. The van der Waals surface area contributed by atoms with Gasteiger partial charge in [0.15, 0.2) is 0 Å². The summed E-state index contributed by atoms with van der Waals surface area (Å²) >= 11 is 0.